The number of carboxylic acids is 1. The van der Waals surface area contributed by atoms with Gasteiger partial charge in [-0.25, -0.2) is 9.18 Å². The number of carboxylic acid groups (broad SMARTS) is 1. The Morgan fingerprint density at radius 3 is 2.57 bits per heavy atom. The van der Waals surface area contributed by atoms with Gasteiger partial charge in [-0.2, -0.15) is 0 Å². The first-order chi connectivity index (χ1) is 9.90. The highest BCUT2D eigenvalue weighted by atomic mass is 35.5. The first kappa shape index (κ1) is 14.8. The number of carbonyl (C=O) groups excluding carboxylic acids is 1. The number of benzene rings is 2. The second-order valence-corrected chi connectivity index (χ2v) is 4.56. The van der Waals surface area contributed by atoms with Crippen LogP contribution in [0.25, 0.3) is 0 Å². The Kier molecular flexibility index (Phi) is 4.09. The zero-order valence-electron chi connectivity index (χ0n) is 10.6. The van der Waals surface area contributed by atoms with Crippen LogP contribution in [-0.2, 0) is 0 Å². The van der Waals surface area contributed by atoms with E-state index in [4.69, 9.17) is 22.4 Å². The van der Waals surface area contributed by atoms with Crippen molar-refractivity contribution >= 4 is 34.9 Å². The average molecular weight is 309 g/mol. The molecule has 2 aromatic rings. The lowest BCUT2D eigenvalue weighted by atomic mass is 10.1. The molecule has 2 aromatic carbocycles. The number of nitrogens with two attached hydrogens (primary N) is 1. The standard InChI is InChI=1S/C14H10ClFN2O3/c15-9-5-4-7(6-8(9)14(20)21)18-11-3-1-2-10(16)12(11)13(17)19/h1-6,18H,(H2,17,19)(H,20,21). The van der Waals surface area contributed by atoms with Gasteiger partial charge in [-0.15, -0.1) is 0 Å². The number of primary amides is 1. The second-order valence-electron chi connectivity index (χ2n) is 4.15. The highest BCUT2D eigenvalue weighted by Crippen LogP contribution is 2.26. The average Bonchev–Trinajstić information content (AvgIpc) is 2.40. The van der Waals surface area contributed by atoms with E-state index in [-0.39, 0.29) is 21.8 Å². The SMILES string of the molecule is NC(=O)c1c(F)cccc1Nc1ccc(Cl)c(C(=O)O)c1. The maximum atomic E-state index is 13.6. The van der Waals surface area contributed by atoms with E-state index >= 15 is 0 Å². The Labute approximate surface area is 124 Å². The van der Waals surface area contributed by atoms with Crippen molar-refractivity contribution in [2.75, 3.05) is 5.32 Å². The third-order valence-electron chi connectivity index (χ3n) is 2.74. The van der Waals surface area contributed by atoms with E-state index < -0.39 is 17.7 Å². The monoisotopic (exact) mass is 308 g/mol. The van der Waals surface area contributed by atoms with Gasteiger partial charge in [0.1, 0.15) is 5.82 Å². The van der Waals surface area contributed by atoms with Gasteiger partial charge in [0.05, 0.1) is 21.8 Å². The van der Waals surface area contributed by atoms with Crippen LogP contribution in [0.3, 0.4) is 0 Å². The fourth-order valence-corrected chi connectivity index (χ4v) is 2.00. The molecule has 0 aromatic heterocycles. The fraction of sp³-hybridized carbons (Fsp3) is 0. The predicted octanol–water partition coefficient (Wildman–Crippen LogP) is 3.02. The molecule has 108 valence electrons. The van der Waals surface area contributed by atoms with Crippen LogP contribution >= 0.6 is 11.6 Å². The lowest BCUT2D eigenvalue weighted by Gasteiger charge is -2.11. The summed E-state index contributed by atoms with van der Waals surface area (Å²) in [7, 11) is 0. The molecule has 0 bridgehead atoms. The summed E-state index contributed by atoms with van der Waals surface area (Å²) in [5.74, 6) is -2.89. The van der Waals surface area contributed by atoms with Gasteiger partial charge in [0.15, 0.2) is 0 Å². The van der Waals surface area contributed by atoms with E-state index in [0.717, 1.165) is 6.07 Å². The Morgan fingerprint density at radius 2 is 1.95 bits per heavy atom. The quantitative estimate of drug-likeness (QED) is 0.809. The molecule has 0 atom stereocenters. The third kappa shape index (κ3) is 3.11. The maximum absolute atomic E-state index is 13.6. The number of anilines is 2. The Balaban J connectivity index is 2.44. The largest absolute Gasteiger partial charge is 0.478 e. The molecule has 0 spiro atoms. The van der Waals surface area contributed by atoms with Gasteiger partial charge in [-0.05, 0) is 30.3 Å². The van der Waals surface area contributed by atoms with Gasteiger partial charge >= 0.3 is 5.97 Å². The summed E-state index contributed by atoms with van der Waals surface area (Å²) >= 11 is 5.76. The van der Waals surface area contributed by atoms with E-state index in [9.17, 15) is 14.0 Å². The van der Waals surface area contributed by atoms with Crippen molar-refractivity contribution in [3.63, 3.8) is 0 Å². The molecule has 0 radical (unpaired) electrons. The molecular weight excluding hydrogens is 299 g/mol. The maximum Gasteiger partial charge on any atom is 0.337 e. The number of nitrogens with one attached hydrogen (secondary N) is 1. The number of carbonyl (C=O) groups is 2. The minimum Gasteiger partial charge on any atom is -0.478 e. The lowest BCUT2D eigenvalue weighted by Crippen LogP contribution is -2.15. The van der Waals surface area contributed by atoms with Crippen LogP contribution in [0.15, 0.2) is 36.4 Å². The van der Waals surface area contributed by atoms with Crippen molar-refractivity contribution < 1.29 is 19.1 Å². The molecular formula is C14H10ClFN2O3. The highest BCUT2D eigenvalue weighted by Gasteiger charge is 2.15. The Bertz CT molecular complexity index is 734. The van der Waals surface area contributed by atoms with Crippen molar-refractivity contribution in [3.8, 4) is 0 Å². The molecule has 2 rings (SSSR count). The summed E-state index contributed by atoms with van der Waals surface area (Å²) in [5.41, 5.74) is 5.20. The summed E-state index contributed by atoms with van der Waals surface area (Å²) in [5, 5.41) is 11.8. The van der Waals surface area contributed by atoms with Gasteiger partial charge < -0.3 is 16.2 Å². The van der Waals surface area contributed by atoms with Crippen molar-refractivity contribution in [1.82, 2.24) is 0 Å². The number of hydrogen-bond donors (Lipinski definition) is 3. The van der Waals surface area contributed by atoms with Gasteiger partial charge in [0, 0.05) is 5.69 Å². The van der Waals surface area contributed by atoms with Crippen LogP contribution < -0.4 is 11.1 Å². The molecule has 0 saturated heterocycles. The van der Waals surface area contributed by atoms with Gasteiger partial charge in [-0.1, -0.05) is 17.7 Å². The number of rotatable bonds is 4. The van der Waals surface area contributed by atoms with Crippen molar-refractivity contribution in [2.24, 2.45) is 5.73 Å². The summed E-state index contributed by atoms with van der Waals surface area (Å²) < 4.78 is 13.6. The number of aromatic carboxylic acids is 1. The molecule has 0 fully saturated rings. The molecule has 0 aliphatic carbocycles. The highest BCUT2D eigenvalue weighted by molar-refractivity contribution is 6.33. The van der Waals surface area contributed by atoms with E-state index in [2.05, 4.69) is 5.32 Å². The van der Waals surface area contributed by atoms with Crippen LogP contribution in [0, 0.1) is 5.82 Å². The normalized spacial score (nSPS) is 10.2. The second kappa shape index (κ2) is 5.80. The molecule has 4 N–H and O–H groups in total. The molecule has 0 saturated carbocycles. The summed E-state index contributed by atoms with van der Waals surface area (Å²) in [6, 6.07) is 8.13. The molecule has 0 aliphatic rings. The molecule has 1 amide bonds. The molecule has 7 heteroatoms. The predicted molar refractivity (Wildman–Crippen MR) is 76.6 cm³/mol. The fourth-order valence-electron chi connectivity index (χ4n) is 1.80. The van der Waals surface area contributed by atoms with Crippen molar-refractivity contribution in [2.45, 2.75) is 0 Å². The number of hydrogen-bond acceptors (Lipinski definition) is 3. The smallest absolute Gasteiger partial charge is 0.337 e. The summed E-state index contributed by atoms with van der Waals surface area (Å²) in [6.07, 6.45) is 0. The van der Waals surface area contributed by atoms with Crippen LogP contribution in [0.4, 0.5) is 15.8 Å². The number of halogens is 2. The topological polar surface area (TPSA) is 92.4 Å². The molecule has 5 nitrogen and oxygen atoms in total. The third-order valence-corrected chi connectivity index (χ3v) is 3.07. The van der Waals surface area contributed by atoms with Crippen LogP contribution in [0.5, 0.6) is 0 Å². The van der Waals surface area contributed by atoms with Crippen LogP contribution in [-0.4, -0.2) is 17.0 Å². The zero-order chi connectivity index (χ0) is 15.6. The molecule has 0 aliphatic heterocycles. The van der Waals surface area contributed by atoms with Crippen LogP contribution in [0.1, 0.15) is 20.7 Å². The van der Waals surface area contributed by atoms with Crippen LogP contribution in [0.2, 0.25) is 5.02 Å². The minimum atomic E-state index is -1.20. The number of amides is 1. The van der Waals surface area contributed by atoms with E-state index in [1.165, 1.54) is 30.3 Å². The van der Waals surface area contributed by atoms with Crippen molar-refractivity contribution in [1.29, 1.82) is 0 Å². The van der Waals surface area contributed by atoms with E-state index in [0.29, 0.717) is 5.69 Å². The van der Waals surface area contributed by atoms with E-state index in [1.54, 1.807) is 0 Å². The first-order valence-electron chi connectivity index (χ1n) is 5.78. The zero-order valence-corrected chi connectivity index (χ0v) is 11.3. The first-order valence-corrected chi connectivity index (χ1v) is 6.16. The molecule has 0 unspecified atom stereocenters. The summed E-state index contributed by atoms with van der Waals surface area (Å²) in [4.78, 5) is 22.3. The van der Waals surface area contributed by atoms with Gasteiger partial charge in [-0.3, -0.25) is 4.79 Å². The van der Waals surface area contributed by atoms with Gasteiger partial charge in [0.2, 0.25) is 0 Å². The molecule has 21 heavy (non-hydrogen) atoms. The Hall–Kier alpha value is -2.60. The lowest BCUT2D eigenvalue weighted by molar-refractivity contribution is 0.0697. The van der Waals surface area contributed by atoms with Gasteiger partial charge in [0.25, 0.3) is 5.91 Å². The minimum absolute atomic E-state index is 0.0717. The molecule has 0 heterocycles. The van der Waals surface area contributed by atoms with E-state index in [1.807, 2.05) is 0 Å². The Morgan fingerprint density at radius 1 is 1.24 bits per heavy atom. The summed E-state index contributed by atoms with van der Waals surface area (Å²) in [6.45, 7) is 0. The van der Waals surface area contributed by atoms with Crippen molar-refractivity contribution in [3.05, 3.63) is 58.4 Å².